The van der Waals surface area contributed by atoms with E-state index in [0.29, 0.717) is 11.6 Å². The molecular weight excluding hydrogens is 388 g/mol. The maximum absolute atomic E-state index is 13.9. The first kappa shape index (κ1) is 20.2. The summed E-state index contributed by atoms with van der Waals surface area (Å²) in [6, 6.07) is 9.49. The van der Waals surface area contributed by atoms with E-state index >= 15 is 0 Å². The zero-order valence-electron chi connectivity index (χ0n) is 15.6. The molecule has 6 nitrogen and oxygen atoms in total. The number of carbonyl (C=O) groups excluding carboxylic acids is 1. The van der Waals surface area contributed by atoms with Gasteiger partial charge in [0, 0.05) is 51.5 Å². The van der Waals surface area contributed by atoms with Crippen LogP contribution in [0.3, 0.4) is 0 Å². The minimum atomic E-state index is -4.17. The Morgan fingerprint density at radius 2 is 1.68 bits per heavy atom. The molecule has 0 radical (unpaired) electrons. The van der Waals surface area contributed by atoms with E-state index in [1.165, 1.54) is 0 Å². The smallest absolute Gasteiger partial charge is 0.254 e. The van der Waals surface area contributed by atoms with Crippen molar-refractivity contribution in [2.24, 2.45) is 0 Å². The first-order valence-corrected chi connectivity index (χ1v) is 10.2. The van der Waals surface area contributed by atoms with E-state index in [2.05, 4.69) is 0 Å². The maximum Gasteiger partial charge on any atom is 0.254 e. The summed E-state index contributed by atoms with van der Waals surface area (Å²) < 4.78 is 53.6. The van der Waals surface area contributed by atoms with Gasteiger partial charge in [-0.05, 0) is 36.4 Å². The van der Waals surface area contributed by atoms with Crippen LogP contribution >= 0.6 is 0 Å². The Morgan fingerprint density at radius 3 is 2.32 bits per heavy atom. The molecular formula is C19H21F2N3O3S. The number of amides is 1. The highest BCUT2D eigenvalue weighted by molar-refractivity contribution is 7.89. The molecule has 0 aliphatic carbocycles. The van der Waals surface area contributed by atoms with Crippen molar-refractivity contribution >= 4 is 21.6 Å². The topological polar surface area (TPSA) is 60.9 Å². The van der Waals surface area contributed by atoms with E-state index in [9.17, 15) is 22.0 Å². The van der Waals surface area contributed by atoms with Gasteiger partial charge < -0.3 is 9.80 Å². The predicted octanol–water partition coefficient (Wildman–Crippen LogP) is 2.18. The fraction of sp³-hybridized carbons (Fsp3) is 0.316. The molecule has 150 valence electrons. The molecule has 0 spiro atoms. The van der Waals surface area contributed by atoms with Gasteiger partial charge in [-0.2, -0.15) is 4.31 Å². The molecule has 3 rings (SSSR count). The molecule has 0 atom stereocenters. The quantitative estimate of drug-likeness (QED) is 0.777. The summed E-state index contributed by atoms with van der Waals surface area (Å²) in [6.45, 7) is 0.358. The second-order valence-electron chi connectivity index (χ2n) is 6.72. The van der Waals surface area contributed by atoms with Gasteiger partial charge in [-0.25, -0.2) is 17.2 Å². The molecule has 1 heterocycles. The first-order chi connectivity index (χ1) is 13.2. The Kier molecular flexibility index (Phi) is 5.66. The van der Waals surface area contributed by atoms with E-state index in [0.717, 1.165) is 22.1 Å². The molecule has 0 bridgehead atoms. The van der Waals surface area contributed by atoms with E-state index in [4.69, 9.17) is 0 Å². The Bertz CT molecular complexity index is 988. The van der Waals surface area contributed by atoms with Crippen LogP contribution in [0.25, 0.3) is 0 Å². The summed E-state index contributed by atoms with van der Waals surface area (Å²) >= 11 is 0. The Hall–Kier alpha value is -2.52. The van der Waals surface area contributed by atoms with Crippen LogP contribution in [0, 0.1) is 11.6 Å². The van der Waals surface area contributed by atoms with Crippen molar-refractivity contribution in [1.29, 1.82) is 0 Å². The van der Waals surface area contributed by atoms with E-state index in [1.807, 2.05) is 25.1 Å². The molecule has 1 amide bonds. The average Bonchev–Trinajstić information content (AvgIpc) is 2.69. The van der Waals surface area contributed by atoms with Crippen molar-refractivity contribution in [3.8, 4) is 0 Å². The minimum Gasteiger partial charge on any atom is -0.378 e. The van der Waals surface area contributed by atoms with Gasteiger partial charge in [0.15, 0.2) is 0 Å². The normalized spacial score (nSPS) is 15.5. The standard InChI is InChI=1S/C19H21F2N3O3S/c1-22(2)16-5-3-4-14(12-16)19(25)23-8-10-24(11-9-23)28(26,27)18-13-15(20)6-7-17(18)21/h3-7,12-13H,8-11H2,1-2H3. The number of halogens is 2. The highest BCUT2D eigenvalue weighted by Crippen LogP contribution is 2.22. The number of hydrogen-bond acceptors (Lipinski definition) is 4. The number of anilines is 1. The Morgan fingerprint density at radius 1 is 1.00 bits per heavy atom. The fourth-order valence-corrected chi connectivity index (χ4v) is 4.54. The number of sulfonamides is 1. The third kappa shape index (κ3) is 4.00. The van der Waals surface area contributed by atoms with Gasteiger partial charge in [0.2, 0.25) is 10.0 Å². The summed E-state index contributed by atoms with van der Waals surface area (Å²) in [7, 11) is -0.426. The van der Waals surface area contributed by atoms with Crippen LogP contribution in [0.5, 0.6) is 0 Å². The Labute approximate surface area is 163 Å². The average molecular weight is 409 g/mol. The largest absolute Gasteiger partial charge is 0.378 e. The van der Waals surface area contributed by atoms with E-state index < -0.39 is 26.6 Å². The number of hydrogen-bond donors (Lipinski definition) is 0. The van der Waals surface area contributed by atoms with Gasteiger partial charge in [-0.1, -0.05) is 6.07 Å². The lowest BCUT2D eigenvalue weighted by Crippen LogP contribution is -2.50. The van der Waals surface area contributed by atoms with Crippen LogP contribution in [-0.4, -0.2) is 63.8 Å². The third-order valence-corrected chi connectivity index (χ3v) is 6.56. The number of nitrogens with zero attached hydrogens (tertiary/aromatic N) is 3. The lowest BCUT2D eigenvalue weighted by atomic mass is 10.1. The fourth-order valence-electron chi connectivity index (χ4n) is 3.05. The highest BCUT2D eigenvalue weighted by atomic mass is 32.2. The minimum absolute atomic E-state index is 0.0113. The molecule has 9 heteroatoms. The monoisotopic (exact) mass is 409 g/mol. The molecule has 1 fully saturated rings. The van der Waals surface area contributed by atoms with Crippen LogP contribution in [-0.2, 0) is 10.0 Å². The second-order valence-corrected chi connectivity index (χ2v) is 8.62. The molecule has 0 unspecified atom stereocenters. The van der Waals surface area contributed by atoms with Crippen molar-refractivity contribution in [3.63, 3.8) is 0 Å². The van der Waals surface area contributed by atoms with Gasteiger partial charge in [-0.15, -0.1) is 0 Å². The SMILES string of the molecule is CN(C)c1cccc(C(=O)N2CCN(S(=O)(=O)c3cc(F)ccc3F)CC2)c1. The van der Waals surface area contributed by atoms with Crippen molar-refractivity contribution < 1.29 is 22.0 Å². The van der Waals surface area contributed by atoms with Gasteiger partial charge in [-0.3, -0.25) is 4.79 Å². The lowest BCUT2D eigenvalue weighted by molar-refractivity contribution is 0.0698. The number of rotatable bonds is 4. The highest BCUT2D eigenvalue weighted by Gasteiger charge is 2.32. The van der Waals surface area contributed by atoms with Crippen LogP contribution in [0.15, 0.2) is 47.4 Å². The number of piperazine rings is 1. The van der Waals surface area contributed by atoms with E-state index in [1.54, 1.807) is 23.1 Å². The first-order valence-electron chi connectivity index (χ1n) is 8.72. The van der Waals surface area contributed by atoms with Crippen LogP contribution < -0.4 is 4.90 Å². The molecule has 2 aromatic carbocycles. The van der Waals surface area contributed by atoms with Gasteiger partial charge in [0.1, 0.15) is 16.5 Å². The number of carbonyl (C=O) groups is 1. The van der Waals surface area contributed by atoms with Crippen LogP contribution in [0.4, 0.5) is 14.5 Å². The van der Waals surface area contributed by atoms with E-state index in [-0.39, 0.29) is 32.1 Å². The summed E-state index contributed by atoms with van der Waals surface area (Å²) in [5, 5.41) is 0. The molecule has 0 N–H and O–H groups in total. The van der Waals surface area contributed by atoms with Crippen molar-refractivity contribution in [2.75, 3.05) is 45.2 Å². The van der Waals surface area contributed by atoms with Gasteiger partial charge in [0.05, 0.1) is 0 Å². The summed E-state index contributed by atoms with van der Waals surface area (Å²) in [6.07, 6.45) is 0. The zero-order chi connectivity index (χ0) is 20.5. The molecule has 2 aromatic rings. The third-order valence-electron chi connectivity index (χ3n) is 4.65. The van der Waals surface area contributed by atoms with Crippen molar-refractivity contribution in [3.05, 3.63) is 59.7 Å². The summed E-state index contributed by atoms with van der Waals surface area (Å²) in [4.78, 5) is 15.5. The second kappa shape index (κ2) is 7.84. The molecule has 28 heavy (non-hydrogen) atoms. The summed E-state index contributed by atoms with van der Waals surface area (Å²) in [5.41, 5.74) is 1.40. The molecule has 0 saturated carbocycles. The molecule has 0 aromatic heterocycles. The molecule has 1 aliphatic rings. The molecule has 1 aliphatic heterocycles. The lowest BCUT2D eigenvalue weighted by Gasteiger charge is -2.34. The zero-order valence-corrected chi connectivity index (χ0v) is 16.4. The molecule has 1 saturated heterocycles. The van der Waals surface area contributed by atoms with Crippen molar-refractivity contribution in [1.82, 2.24) is 9.21 Å². The number of benzene rings is 2. The van der Waals surface area contributed by atoms with Crippen LogP contribution in [0.2, 0.25) is 0 Å². The van der Waals surface area contributed by atoms with Crippen molar-refractivity contribution in [2.45, 2.75) is 4.90 Å². The summed E-state index contributed by atoms with van der Waals surface area (Å²) in [5.74, 6) is -2.02. The Balaban J connectivity index is 1.73. The maximum atomic E-state index is 13.9. The van der Waals surface area contributed by atoms with Crippen LogP contribution in [0.1, 0.15) is 10.4 Å². The van der Waals surface area contributed by atoms with Gasteiger partial charge >= 0.3 is 0 Å². The predicted molar refractivity (Wildman–Crippen MR) is 102 cm³/mol. The van der Waals surface area contributed by atoms with Gasteiger partial charge in [0.25, 0.3) is 5.91 Å².